The number of unbranched alkanes of at least 4 members (excludes halogenated alkanes) is 1. The van der Waals surface area contributed by atoms with E-state index < -0.39 is 0 Å². The zero-order chi connectivity index (χ0) is 12.8. The lowest BCUT2D eigenvalue weighted by Gasteiger charge is -2.06. The Hall–Kier alpha value is -2.10. The van der Waals surface area contributed by atoms with Gasteiger partial charge in [0.2, 0.25) is 5.95 Å². The first-order valence-corrected chi connectivity index (χ1v) is 6.11. The number of nitrogens with zero attached hydrogens (tertiary/aromatic N) is 2. The third-order valence-electron chi connectivity index (χ3n) is 2.59. The molecule has 0 saturated carbocycles. The van der Waals surface area contributed by atoms with Gasteiger partial charge in [-0.2, -0.15) is 0 Å². The van der Waals surface area contributed by atoms with Crippen molar-refractivity contribution in [3.8, 4) is 17.0 Å². The van der Waals surface area contributed by atoms with E-state index in [2.05, 4.69) is 16.9 Å². The number of nitrogens with two attached hydrogens (primary N) is 1. The number of anilines is 1. The van der Waals surface area contributed by atoms with Crippen LogP contribution in [0.5, 0.6) is 5.75 Å². The Kier molecular flexibility index (Phi) is 4.12. The second kappa shape index (κ2) is 6.00. The quantitative estimate of drug-likeness (QED) is 0.820. The highest BCUT2D eigenvalue weighted by Crippen LogP contribution is 2.20. The van der Waals surface area contributed by atoms with Gasteiger partial charge < -0.3 is 10.5 Å². The predicted octanol–water partition coefficient (Wildman–Crippen LogP) is 2.90. The second-order valence-electron chi connectivity index (χ2n) is 4.03. The number of benzene rings is 1. The van der Waals surface area contributed by atoms with E-state index in [0.29, 0.717) is 0 Å². The molecule has 0 unspecified atom stereocenters. The van der Waals surface area contributed by atoms with E-state index in [4.69, 9.17) is 10.5 Å². The first kappa shape index (κ1) is 12.4. The molecular weight excluding hydrogens is 226 g/mol. The molecule has 4 heteroatoms. The van der Waals surface area contributed by atoms with Crippen LogP contribution < -0.4 is 10.5 Å². The van der Waals surface area contributed by atoms with Gasteiger partial charge in [-0.25, -0.2) is 9.97 Å². The second-order valence-corrected chi connectivity index (χ2v) is 4.03. The Morgan fingerprint density at radius 1 is 1.17 bits per heavy atom. The van der Waals surface area contributed by atoms with Gasteiger partial charge in [0.15, 0.2) is 0 Å². The maximum Gasteiger partial charge on any atom is 0.220 e. The first-order valence-electron chi connectivity index (χ1n) is 6.11. The molecule has 94 valence electrons. The number of rotatable bonds is 5. The Morgan fingerprint density at radius 2 is 1.94 bits per heavy atom. The van der Waals surface area contributed by atoms with Crippen LogP contribution in [0.4, 0.5) is 5.95 Å². The highest BCUT2D eigenvalue weighted by molar-refractivity contribution is 5.60. The average molecular weight is 243 g/mol. The van der Waals surface area contributed by atoms with Gasteiger partial charge in [-0.15, -0.1) is 0 Å². The number of hydrogen-bond donors (Lipinski definition) is 1. The van der Waals surface area contributed by atoms with Crippen molar-refractivity contribution in [1.29, 1.82) is 0 Å². The average Bonchev–Trinajstić information content (AvgIpc) is 2.40. The molecule has 0 radical (unpaired) electrons. The molecule has 1 aromatic heterocycles. The lowest BCUT2D eigenvalue weighted by atomic mass is 10.1. The fourth-order valence-corrected chi connectivity index (χ4v) is 1.59. The van der Waals surface area contributed by atoms with Gasteiger partial charge in [-0.05, 0) is 36.8 Å². The lowest BCUT2D eigenvalue weighted by Crippen LogP contribution is -1.97. The smallest absolute Gasteiger partial charge is 0.220 e. The number of aromatic nitrogens is 2. The fraction of sp³-hybridized carbons (Fsp3) is 0.286. The molecule has 4 nitrogen and oxygen atoms in total. The highest BCUT2D eigenvalue weighted by atomic mass is 16.5. The van der Waals surface area contributed by atoms with Crippen LogP contribution in [0.15, 0.2) is 36.5 Å². The summed E-state index contributed by atoms with van der Waals surface area (Å²) in [6, 6.07) is 9.68. The summed E-state index contributed by atoms with van der Waals surface area (Å²) in [6.07, 6.45) is 3.87. The zero-order valence-corrected chi connectivity index (χ0v) is 10.5. The molecule has 0 spiro atoms. The van der Waals surface area contributed by atoms with Crippen molar-refractivity contribution < 1.29 is 4.74 Å². The normalized spacial score (nSPS) is 10.3. The number of nitrogen functional groups attached to an aromatic ring is 1. The summed E-state index contributed by atoms with van der Waals surface area (Å²) in [5.74, 6) is 1.17. The summed E-state index contributed by atoms with van der Waals surface area (Å²) >= 11 is 0. The summed E-state index contributed by atoms with van der Waals surface area (Å²) in [5, 5.41) is 0. The van der Waals surface area contributed by atoms with Crippen molar-refractivity contribution in [2.45, 2.75) is 19.8 Å². The summed E-state index contributed by atoms with van der Waals surface area (Å²) < 4.78 is 5.60. The van der Waals surface area contributed by atoms with Crippen LogP contribution in [0.1, 0.15) is 19.8 Å². The van der Waals surface area contributed by atoms with Crippen LogP contribution in [0, 0.1) is 0 Å². The number of ether oxygens (including phenoxy) is 1. The van der Waals surface area contributed by atoms with Crippen molar-refractivity contribution in [3.05, 3.63) is 36.5 Å². The van der Waals surface area contributed by atoms with E-state index in [0.717, 1.165) is 36.5 Å². The van der Waals surface area contributed by atoms with Gasteiger partial charge in [0.1, 0.15) is 5.75 Å². The molecule has 0 aliphatic carbocycles. The van der Waals surface area contributed by atoms with Gasteiger partial charge in [0.25, 0.3) is 0 Å². The maximum absolute atomic E-state index is 5.60. The van der Waals surface area contributed by atoms with E-state index in [9.17, 15) is 0 Å². The predicted molar refractivity (Wildman–Crippen MR) is 72.3 cm³/mol. The maximum atomic E-state index is 5.60. The monoisotopic (exact) mass is 243 g/mol. The van der Waals surface area contributed by atoms with Crippen molar-refractivity contribution in [1.82, 2.24) is 9.97 Å². The van der Waals surface area contributed by atoms with Crippen molar-refractivity contribution in [3.63, 3.8) is 0 Å². The Balaban J connectivity index is 2.07. The van der Waals surface area contributed by atoms with Crippen LogP contribution in [0.25, 0.3) is 11.3 Å². The molecule has 1 aromatic carbocycles. The molecule has 0 aliphatic heterocycles. The Bertz CT molecular complexity index is 497. The van der Waals surface area contributed by atoms with Gasteiger partial charge in [-0.1, -0.05) is 13.3 Å². The van der Waals surface area contributed by atoms with Crippen LogP contribution in [0.2, 0.25) is 0 Å². The first-order chi connectivity index (χ1) is 8.79. The molecule has 0 saturated heterocycles. The molecule has 0 fully saturated rings. The zero-order valence-electron chi connectivity index (χ0n) is 10.5. The number of hydrogen-bond acceptors (Lipinski definition) is 4. The molecular formula is C14H17N3O. The molecule has 2 N–H and O–H groups in total. The molecule has 18 heavy (non-hydrogen) atoms. The third-order valence-corrected chi connectivity index (χ3v) is 2.59. The minimum absolute atomic E-state index is 0.288. The molecule has 1 heterocycles. The lowest BCUT2D eigenvalue weighted by molar-refractivity contribution is 0.309. The topological polar surface area (TPSA) is 61.0 Å². The van der Waals surface area contributed by atoms with Gasteiger partial charge in [0, 0.05) is 11.8 Å². The molecule has 2 aromatic rings. The highest BCUT2D eigenvalue weighted by Gasteiger charge is 2.01. The van der Waals surface area contributed by atoms with Crippen molar-refractivity contribution >= 4 is 5.95 Å². The summed E-state index contributed by atoms with van der Waals surface area (Å²) in [5.41, 5.74) is 7.39. The molecule has 0 atom stereocenters. The van der Waals surface area contributed by atoms with Crippen LogP contribution in [-0.4, -0.2) is 16.6 Å². The fourth-order valence-electron chi connectivity index (χ4n) is 1.59. The van der Waals surface area contributed by atoms with E-state index in [1.165, 1.54) is 0 Å². The molecule has 0 aliphatic rings. The van der Waals surface area contributed by atoms with E-state index in [1.807, 2.05) is 30.3 Å². The van der Waals surface area contributed by atoms with Crippen molar-refractivity contribution in [2.75, 3.05) is 12.3 Å². The largest absolute Gasteiger partial charge is 0.494 e. The van der Waals surface area contributed by atoms with Gasteiger partial charge >= 0.3 is 0 Å². The van der Waals surface area contributed by atoms with Crippen molar-refractivity contribution in [2.24, 2.45) is 0 Å². The summed E-state index contributed by atoms with van der Waals surface area (Å²) in [7, 11) is 0. The Morgan fingerprint density at radius 3 is 2.61 bits per heavy atom. The minimum Gasteiger partial charge on any atom is -0.494 e. The Labute approximate surface area is 107 Å². The van der Waals surface area contributed by atoms with Crippen LogP contribution >= 0.6 is 0 Å². The third kappa shape index (κ3) is 3.20. The van der Waals surface area contributed by atoms with Crippen LogP contribution in [0.3, 0.4) is 0 Å². The van der Waals surface area contributed by atoms with E-state index in [1.54, 1.807) is 6.20 Å². The van der Waals surface area contributed by atoms with Gasteiger partial charge in [-0.3, -0.25) is 0 Å². The van der Waals surface area contributed by atoms with E-state index in [-0.39, 0.29) is 5.95 Å². The van der Waals surface area contributed by atoms with Crippen LogP contribution in [-0.2, 0) is 0 Å². The molecule has 0 amide bonds. The summed E-state index contributed by atoms with van der Waals surface area (Å²) in [6.45, 7) is 2.91. The minimum atomic E-state index is 0.288. The SMILES string of the molecule is CCCCOc1ccc(-c2ccnc(N)n2)cc1. The molecule has 2 rings (SSSR count). The summed E-state index contributed by atoms with van der Waals surface area (Å²) in [4.78, 5) is 8.05. The molecule has 0 bridgehead atoms. The van der Waals surface area contributed by atoms with E-state index >= 15 is 0 Å². The standard InChI is InChI=1S/C14H17N3O/c1-2-3-10-18-12-6-4-11(5-7-12)13-8-9-16-14(15)17-13/h4-9H,2-3,10H2,1H3,(H2,15,16,17). The van der Waals surface area contributed by atoms with Gasteiger partial charge in [0.05, 0.1) is 12.3 Å².